The van der Waals surface area contributed by atoms with Gasteiger partial charge >= 0.3 is 0 Å². The number of fused-ring (bicyclic) bond motifs is 1. The summed E-state index contributed by atoms with van der Waals surface area (Å²) in [6.45, 7) is 6.21. The van der Waals surface area contributed by atoms with E-state index in [0.29, 0.717) is 43.0 Å². The molecule has 1 aliphatic heterocycles. The van der Waals surface area contributed by atoms with Gasteiger partial charge in [-0.3, -0.25) is 9.59 Å². The largest absolute Gasteiger partial charge is 0.493 e. The molecule has 0 spiro atoms. The van der Waals surface area contributed by atoms with Crippen molar-refractivity contribution in [1.29, 1.82) is 0 Å². The third-order valence-corrected chi connectivity index (χ3v) is 5.49. The molecule has 1 fully saturated rings. The van der Waals surface area contributed by atoms with Crippen molar-refractivity contribution in [2.24, 2.45) is 0 Å². The minimum absolute atomic E-state index is 0.145. The summed E-state index contributed by atoms with van der Waals surface area (Å²) in [5.74, 6) is 0.422. The summed E-state index contributed by atoms with van der Waals surface area (Å²) >= 11 is 0. The molecule has 1 N–H and O–H groups in total. The van der Waals surface area contributed by atoms with E-state index in [1.54, 1.807) is 11.0 Å². The Morgan fingerprint density at radius 2 is 1.84 bits per heavy atom. The number of benzene rings is 2. The zero-order valence-electron chi connectivity index (χ0n) is 17.8. The second-order valence-corrected chi connectivity index (χ2v) is 7.55. The quantitative estimate of drug-likeness (QED) is 0.651. The molecule has 2 heterocycles. The fourth-order valence-corrected chi connectivity index (χ4v) is 3.57. The van der Waals surface area contributed by atoms with Crippen molar-refractivity contribution in [1.82, 2.24) is 4.90 Å². The van der Waals surface area contributed by atoms with Crippen molar-refractivity contribution in [3.63, 3.8) is 0 Å². The van der Waals surface area contributed by atoms with E-state index in [1.807, 2.05) is 50.2 Å². The first-order chi connectivity index (χ1) is 15.0. The van der Waals surface area contributed by atoms with Crippen LogP contribution in [-0.2, 0) is 9.53 Å². The molecule has 0 bridgehead atoms. The van der Waals surface area contributed by atoms with Gasteiger partial charge in [0, 0.05) is 18.5 Å². The average Bonchev–Trinajstić information content (AvgIpc) is 3.15. The highest BCUT2D eigenvalue weighted by Gasteiger charge is 2.27. The van der Waals surface area contributed by atoms with Crippen LogP contribution in [0.4, 0.5) is 5.69 Å². The lowest BCUT2D eigenvalue weighted by Gasteiger charge is -2.26. The molecule has 31 heavy (non-hydrogen) atoms. The molecule has 0 saturated carbocycles. The number of furan rings is 1. The van der Waals surface area contributed by atoms with Gasteiger partial charge in [-0.1, -0.05) is 24.3 Å². The van der Waals surface area contributed by atoms with E-state index in [-0.39, 0.29) is 30.6 Å². The maximum absolute atomic E-state index is 13.0. The Kier molecular flexibility index (Phi) is 6.23. The summed E-state index contributed by atoms with van der Waals surface area (Å²) in [5, 5.41) is 3.57. The third-order valence-electron chi connectivity index (χ3n) is 5.49. The Labute approximate surface area is 180 Å². The smallest absolute Gasteiger partial charge is 0.291 e. The van der Waals surface area contributed by atoms with E-state index >= 15 is 0 Å². The fraction of sp³-hybridized carbons (Fsp3) is 0.333. The molecule has 1 aromatic heterocycles. The Hall–Kier alpha value is -3.32. The van der Waals surface area contributed by atoms with Gasteiger partial charge in [-0.25, -0.2) is 0 Å². The average molecular weight is 422 g/mol. The minimum atomic E-state index is -0.249. The Bertz CT molecular complexity index is 1100. The van der Waals surface area contributed by atoms with Crippen LogP contribution in [0.25, 0.3) is 11.0 Å². The topological polar surface area (TPSA) is 81.0 Å². The lowest BCUT2D eigenvalue weighted by Crippen LogP contribution is -2.40. The first-order valence-corrected chi connectivity index (χ1v) is 10.4. The minimum Gasteiger partial charge on any atom is -0.493 e. The number of ether oxygens (including phenoxy) is 2. The van der Waals surface area contributed by atoms with Gasteiger partial charge in [-0.2, -0.15) is 0 Å². The van der Waals surface area contributed by atoms with Crippen LogP contribution in [-0.4, -0.2) is 49.6 Å². The van der Waals surface area contributed by atoms with Gasteiger partial charge in [-0.15, -0.1) is 0 Å². The molecular formula is C24H26N2O5. The third kappa shape index (κ3) is 4.56. The van der Waals surface area contributed by atoms with Gasteiger partial charge in [0.15, 0.2) is 0 Å². The number of hydrogen-bond acceptors (Lipinski definition) is 5. The van der Waals surface area contributed by atoms with Crippen LogP contribution in [0.5, 0.6) is 5.75 Å². The Balaban J connectivity index is 1.48. The monoisotopic (exact) mass is 422 g/mol. The summed E-state index contributed by atoms with van der Waals surface area (Å²) < 4.78 is 17.0. The van der Waals surface area contributed by atoms with Crippen LogP contribution in [0.15, 0.2) is 46.9 Å². The Morgan fingerprint density at radius 1 is 1.06 bits per heavy atom. The number of amides is 2. The predicted molar refractivity (Wildman–Crippen MR) is 118 cm³/mol. The van der Waals surface area contributed by atoms with Gasteiger partial charge in [0.25, 0.3) is 5.91 Å². The van der Waals surface area contributed by atoms with Gasteiger partial charge in [-0.05, 0) is 43.2 Å². The molecule has 2 amide bonds. The molecule has 4 rings (SSSR count). The number of nitrogens with zero attached hydrogens (tertiary/aromatic N) is 1. The number of nitrogens with one attached hydrogen (secondary N) is 1. The van der Waals surface area contributed by atoms with Crippen LogP contribution in [0.3, 0.4) is 0 Å². The first kappa shape index (κ1) is 20.9. The summed E-state index contributed by atoms with van der Waals surface area (Å²) in [7, 11) is 0. The second-order valence-electron chi connectivity index (χ2n) is 7.55. The van der Waals surface area contributed by atoms with Crippen molar-refractivity contribution in [3.8, 4) is 5.75 Å². The van der Waals surface area contributed by atoms with E-state index in [9.17, 15) is 9.59 Å². The normalized spacial score (nSPS) is 13.9. The predicted octanol–water partition coefficient (Wildman–Crippen LogP) is 3.93. The van der Waals surface area contributed by atoms with Gasteiger partial charge in [0.05, 0.1) is 26.2 Å². The van der Waals surface area contributed by atoms with Crippen molar-refractivity contribution in [2.75, 3.05) is 38.2 Å². The standard InChI is InChI=1S/C24H26N2O5/c1-16-6-5-9-19(17(16)2)30-13-10-21(27)25-22-18-7-3-4-8-20(18)31-23(22)24(28)26-11-14-29-15-12-26/h3-9H,10-15H2,1-2H3,(H,25,27). The molecule has 0 unspecified atom stereocenters. The van der Waals surface area contributed by atoms with Gasteiger partial charge in [0.1, 0.15) is 17.0 Å². The van der Waals surface area contributed by atoms with Gasteiger partial charge in [0.2, 0.25) is 11.7 Å². The summed E-state index contributed by atoms with van der Waals surface area (Å²) in [6.07, 6.45) is 0.151. The number of hydrogen-bond donors (Lipinski definition) is 1. The molecule has 0 radical (unpaired) electrons. The van der Waals surface area contributed by atoms with Crippen LogP contribution in [0.2, 0.25) is 0 Å². The number of anilines is 1. The highest BCUT2D eigenvalue weighted by molar-refractivity contribution is 6.10. The maximum atomic E-state index is 13.0. The molecule has 1 saturated heterocycles. The van der Waals surface area contributed by atoms with E-state index in [0.717, 1.165) is 16.9 Å². The number of carbonyl (C=O) groups excluding carboxylic acids is 2. The zero-order valence-corrected chi connectivity index (χ0v) is 17.8. The van der Waals surface area contributed by atoms with Crippen LogP contribution in [0, 0.1) is 13.8 Å². The van der Waals surface area contributed by atoms with Crippen molar-refractivity contribution >= 4 is 28.5 Å². The van der Waals surface area contributed by atoms with E-state index in [4.69, 9.17) is 13.9 Å². The summed E-state index contributed by atoms with van der Waals surface area (Å²) in [4.78, 5) is 27.4. The van der Waals surface area contributed by atoms with E-state index in [1.165, 1.54) is 0 Å². The second kappa shape index (κ2) is 9.22. The number of rotatable bonds is 6. The van der Waals surface area contributed by atoms with Crippen LogP contribution < -0.4 is 10.1 Å². The number of aryl methyl sites for hydroxylation is 1. The molecule has 0 atom stereocenters. The highest BCUT2D eigenvalue weighted by Crippen LogP contribution is 2.32. The molecular weight excluding hydrogens is 396 g/mol. The highest BCUT2D eigenvalue weighted by atomic mass is 16.5. The molecule has 3 aromatic rings. The SMILES string of the molecule is Cc1cccc(OCCC(=O)Nc2c(C(=O)N3CCOCC3)oc3ccccc23)c1C. The Morgan fingerprint density at radius 3 is 2.65 bits per heavy atom. The number of morpholine rings is 1. The first-order valence-electron chi connectivity index (χ1n) is 10.4. The molecule has 1 aliphatic rings. The number of carbonyl (C=O) groups is 2. The molecule has 7 heteroatoms. The molecule has 2 aromatic carbocycles. The molecule has 162 valence electrons. The van der Waals surface area contributed by atoms with Crippen molar-refractivity contribution < 1.29 is 23.5 Å². The molecule has 7 nitrogen and oxygen atoms in total. The van der Waals surface area contributed by atoms with Crippen LogP contribution >= 0.6 is 0 Å². The van der Waals surface area contributed by atoms with Crippen molar-refractivity contribution in [3.05, 3.63) is 59.4 Å². The van der Waals surface area contributed by atoms with Crippen molar-refractivity contribution in [2.45, 2.75) is 20.3 Å². The maximum Gasteiger partial charge on any atom is 0.291 e. The molecule has 0 aliphatic carbocycles. The lowest BCUT2D eigenvalue weighted by atomic mass is 10.1. The zero-order chi connectivity index (χ0) is 21.8. The fourth-order valence-electron chi connectivity index (χ4n) is 3.57. The number of para-hydroxylation sites is 1. The van der Waals surface area contributed by atoms with Gasteiger partial charge < -0.3 is 24.1 Å². The lowest BCUT2D eigenvalue weighted by molar-refractivity contribution is -0.116. The summed E-state index contributed by atoms with van der Waals surface area (Å²) in [5.41, 5.74) is 3.16. The van der Waals surface area contributed by atoms with E-state index in [2.05, 4.69) is 5.32 Å². The van der Waals surface area contributed by atoms with Crippen LogP contribution in [0.1, 0.15) is 28.1 Å². The van der Waals surface area contributed by atoms with E-state index < -0.39 is 0 Å². The summed E-state index contributed by atoms with van der Waals surface area (Å²) in [6, 6.07) is 13.1.